The second-order valence-corrected chi connectivity index (χ2v) is 5.14. The van der Waals surface area contributed by atoms with Crippen molar-refractivity contribution in [1.82, 2.24) is 0 Å². The molecule has 4 heteroatoms. The zero-order chi connectivity index (χ0) is 12.9. The Hall–Kier alpha value is -1.84. The normalized spacial score (nSPS) is 29.0. The topological polar surface area (TPSA) is 55.4 Å². The summed E-state index contributed by atoms with van der Waals surface area (Å²) < 4.78 is 5.45. The number of carbonyl (C=O) groups excluding carboxylic acids is 2. The summed E-state index contributed by atoms with van der Waals surface area (Å²) >= 11 is 0. The number of carbonyl (C=O) groups is 2. The summed E-state index contributed by atoms with van der Waals surface area (Å²) in [6.07, 6.45) is 0.484. The van der Waals surface area contributed by atoms with Gasteiger partial charge in [0.05, 0.1) is 5.69 Å². The minimum Gasteiger partial charge on any atom is -0.479 e. The van der Waals surface area contributed by atoms with Gasteiger partial charge in [-0.2, -0.15) is 0 Å². The Morgan fingerprint density at radius 1 is 1.39 bits per heavy atom. The second kappa shape index (κ2) is 3.83. The zero-order valence-corrected chi connectivity index (χ0v) is 10.4. The van der Waals surface area contributed by atoms with Crippen LogP contribution < -0.4 is 10.1 Å². The van der Waals surface area contributed by atoms with Crippen molar-refractivity contribution in [2.75, 3.05) is 5.32 Å². The Morgan fingerprint density at radius 3 is 2.78 bits per heavy atom. The molecule has 1 aromatic carbocycles. The van der Waals surface area contributed by atoms with Crippen molar-refractivity contribution in [2.24, 2.45) is 11.8 Å². The average molecular weight is 245 g/mol. The van der Waals surface area contributed by atoms with Gasteiger partial charge in [0.25, 0.3) is 5.91 Å². The van der Waals surface area contributed by atoms with Gasteiger partial charge in [-0.15, -0.1) is 0 Å². The van der Waals surface area contributed by atoms with Crippen LogP contribution in [0.5, 0.6) is 5.75 Å². The maximum absolute atomic E-state index is 12.1. The van der Waals surface area contributed by atoms with Gasteiger partial charge in [-0.1, -0.05) is 6.92 Å². The molecule has 1 saturated carbocycles. The summed E-state index contributed by atoms with van der Waals surface area (Å²) in [6.45, 7) is 3.77. The average Bonchev–Trinajstić information content (AvgIpc) is 3.06. The van der Waals surface area contributed by atoms with E-state index in [-0.39, 0.29) is 17.6 Å². The number of fused-ring (bicyclic) bond motifs is 1. The highest BCUT2D eigenvalue weighted by atomic mass is 16.5. The number of ketones is 1. The number of anilines is 1. The maximum Gasteiger partial charge on any atom is 0.265 e. The fourth-order valence-electron chi connectivity index (χ4n) is 2.26. The van der Waals surface area contributed by atoms with E-state index < -0.39 is 6.10 Å². The fourth-order valence-corrected chi connectivity index (χ4v) is 2.26. The van der Waals surface area contributed by atoms with Gasteiger partial charge in [0.15, 0.2) is 11.9 Å². The molecule has 0 bridgehead atoms. The molecule has 0 aromatic heterocycles. The molecule has 0 spiro atoms. The van der Waals surface area contributed by atoms with Crippen molar-refractivity contribution < 1.29 is 14.3 Å². The molecule has 3 unspecified atom stereocenters. The first-order valence-electron chi connectivity index (χ1n) is 6.22. The summed E-state index contributed by atoms with van der Waals surface area (Å²) in [4.78, 5) is 23.6. The minimum atomic E-state index is -0.484. The number of amides is 1. The first-order chi connectivity index (χ1) is 8.56. The van der Waals surface area contributed by atoms with E-state index >= 15 is 0 Å². The maximum atomic E-state index is 12.1. The highest BCUT2D eigenvalue weighted by Gasteiger charge is 2.39. The molecule has 1 fully saturated rings. The minimum absolute atomic E-state index is 0.155. The van der Waals surface area contributed by atoms with E-state index in [2.05, 4.69) is 12.2 Å². The predicted octanol–water partition coefficient (Wildman–Crippen LogP) is 2.24. The summed E-state index contributed by atoms with van der Waals surface area (Å²) in [5.41, 5.74) is 1.25. The summed E-state index contributed by atoms with van der Waals surface area (Å²) in [5, 5.41) is 2.76. The molecule has 3 atom stereocenters. The lowest BCUT2D eigenvalue weighted by Crippen LogP contribution is -2.34. The van der Waals surface area contributed by atoms with Crippen molar-refractivity contribution >= 4 is 17.4 Å². The van der Waals surface area contributed by atoms with E-state index in [1.165, 1.54) is 0 Å². The van der Waals surface area contributed by atoms with Gasteiger partial charge >= 0.3 is 0 Å². The van der Waals surface area contributed by atoms with Gasteiger partial charge < -0.3 is 10.1 Å². The van der Waals surface area contributed by atoms with E-state index in [1.54, 1.807) is 25.1 Å². The van der Waals surface area contributed by atoms with Gasteiger partial charge in [0.1, 0.15) is 5.75 Å². The number of Topliss-reactive ketones (excluding diaryl/α,β-unsaturated/α-hetero) is 1. The van der Waals surface area contributed by atoms with E-state index in [0.29, 0.717) is 22.9 Å². The number of nitrogens with one attached hydrogen (secondary N) is 1. The van der Waals surface area contributed by atoms with Gasteiger partial charge in [-0.25, -0.2) is 0 Å². The zero-order valence-electron chi connectivity index (χ0n) is 10.4. The largest absolute Gasteiger partial charge is 0.479 e. The molecule has 1 heterocycles. The van der Waals surface area contributed by atoms with Crippen LogP contribution >= 0.6 is 0 Å². The van der Waals surface area contributed by atoms with Crippen molar-refractivity contribution in [3.8, 4) is 5.75 Å². The lowest BCUT2D eigenvalue weighted by atomic mass is 10.0. The molecule has 1 aliphatic carbocycles. The highest BCUT2D eigenvalue weighted by Crippen LogP contribution is 2.41. The predicted molar refractivity (Wildman–Crippen MR) is 66.8 cm³/mol. The summed E-state index contributed by atoms with van der Waals surface area (Å²) in [6, 6.07) is 5.24. The second-order valence-electron chi connectivity index (χ2n) is 5.14. The lowest BCUT2D eigenvalue weighted by Gasteiger charge is -2.23. The number of benzene rings is 1. The molecule has 1 amide bonds. The number of hydrogen-bond donors (Lipinski definition) is 1. The molecule has 1 aliphatic heterocycles. The number of hydrogen-bond acceptors (Lipinski definition) is 3. The van der Waals surface area contributed by atoms with Crippen LogP contribution in [0, 0.1) is 11.8 Å². The highest BCUT2D eigenvalue weighted by molar-refractivity contribution is 6.03. The van der Waals surface area contributed by atoms with Gasteiger partial charge in [-0.3, -0.25) is 9.59 Å². The molecular formula is C14H15NO3. The molecule has 18 heavy (non-hydrogen) atoms. The van der Waals surface area contributed by atoms with E-state index in [4.69, 9.17) is 4.74 Å². The van der Waals surface area contributed by atoms with Crippen LogP contribution in [0.15, 0.2) is 18.2 Å². The Bertz CT molecular complexity index is 538. The van der Waals surface area contributed by atoms with E-state index in [0.717, 1.165) is 6.42 Å². The molecule has 1 aromatic rings. The van der Waals surface area contributed by atoms with Crippen LogP contribution in [0.2, 0.25) is 0 Å². The molecule has 3 rings (SSSR count). The fraction of sp³-hybridized carbons (Fsp3) is 0.429. The Kier molecular flexibility index (Phi) is 2.40. The van der Waals surface area contributed by atoms with Crippen LogP contribution in [0.25, 0.3) is 0 Å². The monoisotopic (exact) mass is 245 g/mol. The molecule has 0 saturated heterocycles. The Balaban J connectivity index is 1.89. The smallest absolute Gasteiger partial charge is 0.265 e. The van der Waals surface area contributed by atoms with Crippen molar-refractivity contribution in [2.45, 2.75) is 26.4 Å². The first-order valence-corrected chi connectivity index (χ1v) is 6.22. The van der Waals surface area contributed by atoms with Crippen LogP contribution in [-0.2, 0) is 4.79 Å². The molecule has 2 aliphatic rings. The molecule has 0 radical (unpaired) electrons. The van der Waals surface area contributed by atoms with Crippen LogP contribution in [0.3, 0.4) is 0 Å². The van der Waals surface area contributed by atoms with E-state index in [9.17, 15) is 9.59 Å². The van der Waals surface area contributed by atoms with Gasteiger partial charge in [0, 0.05) is 11.5 Å². The molecule has 94 valence electrons. The third kappa shape index (κ3) is 1.78. The Morgan fingerprint density at radius 2 is 2.11 bits per heavy atom. The van der Waals surface area contributed by atoms with Crippen LogP contribution in [-0.4, -0.2) is 17.8 Å². The van der Waals surface area contributed by atoms with E-state index in [1.807, 2.05) is 0 Å². The summed E-state index contributed by atoms with van der Waals surface area (Å²) in [5.74, 6) is 1.26. The SMILES string of the molecule is CC1Oc2ccc(C(=O)C3CC3C)cc2NC1=O. The van der Waals surface area contributed by atoms with Crippen LogP contribution in [0.4, 0.5) is 5.69 Å². The third-order valence-corrected chi connectivity index (χ3v) is 3.64. The number of rotatable bonds is 2. The van der Waals surface area contributed by atoms with Crippen molar-refractivity contribution in [1.29, 1.82) is 0 Å². The first kappa shape index (κ1) is 11.3. The molecular weight excluding hydrogens is 230 g/mol. The Labute approximate surface area is 105 Å². The van der Waals surface area contributed by atoms with Gasteiger partial charge in [-0.05, 0) is 37.5 Å². The molecule has 1 N–H and O–H groups in total. The molecule has 4 nitrogen and oxygen atoms in total. The standard InChI is InChI=1S/C14H15NO3/c1-7-5-10(7)13(16)9-3-4-12-11(6-9)15-14(17)8(2)18-12/h3-4,6-8,10H,5H2,1-2H3,(H,15,17). The number of ether oxygens (including phenoxy) is 1. The van der Waals surface area contributed by atoms with Crippen molar-refractivity contribution in [3.63, 3.8) is 0 Å². The third-order valence-electron chi connectivity index (χ3n) is 3.64. The summed E-state index contributed by atoms with van der Waals surface area (Å²) in [7, 11) is 0. The lowest BCUT2D eigenvalue weighted by molar-refractivity contribution is -0.122. The van der Waals surface area contributed by atoms with Gasteiger partial charge in [0.2, 0.25) is 0 Å². The van der Waals surface area contributed by atoms with Crippen LogP contribution in [0.1, 0.15) is 30.6 Å². The quantitative estimate of drug-likeness (QED) is 0.813. The van der Waals surface area contributed by atoms with Crippen molar-refractivity contribution in [3.05, 3.63) is 23.8 Å².